The van der Waals surface area contributed by atoms with Crippen molar-refractivity contribution in [3.8, 4) is 0 Å². The number of carboxylic acid groups (broad SMARTS) is 1. The summed E-state index contributed by atoms with van der Waals surface area (Å²) < 4.78 is 0. The summed E-state index contributed by atoms with van der Waals surface area (Å²) in [5, 5.41) is 22.1. The Kier molecular flexibility index (Phi) is 5.95. The van der Waals surface area contributed by atoms with Crippen molar-refractivity contribution >= 4 is 29.4 Å². The molecule has 0 aliphatic heterocycles. The molecule has 1 rings (SSSR count). The number of halogens is 1. The topological polar surface area (TPSA) is 116 Å². The van der Waals surface area contributed by atoms with Crippen LogP contribution < -0.4 is 10.6 Å². The van der Waals surface area contributed by atoms with E-state index in [4.69, 9.17) is 21.8 Å². The van der Waals surface area contributed by atoms with Gasteiger partial charge in [0.1, 0.15) is 0 Å². The van der Waals surface area contributed by atoms with Gasteiger partial charge in [-0.1, -0.05) is 23.7 Å². The maximum atomic E-state index is 11.7. The second-order valence-electron chi connectivity index (χ2n) is 3.82. The number of carboxylic acids is 1. The number of aliphatic hydroxyl groups is 1. The Balaban J connectivity index is 2.40. The Bertz CT molecular complexity index is 520. The number of aliphatic carboxylic acids is 1. The number of hydrogen-bond donors (Lipinski definition) is 4. The summed E-state index contributed by atoms with van der Waals surface area (Å²) in [5.74, 6) is -2.58. The third-order valence-corrected chi connectivity index (χ3v) is 2.64. The molecule has 0 aliphatic carbocycles. The van der Waals surface area contributed by atoms with E-state index in [1.54, 1.807) is 18.2 Å². The molecule has 108 valence electrons. The van der Waals surface area contributed by atoms with Crippen LogP contribution in [0.1, 0.15) is 10.4 Å². The van der Waals surface area contributed by atoms with Crippen molar-refractivity contribution in [3.05, 3.63) is 34.9 Å². The lowest BCUT2D eigenvalue weighted by atomic mass is 10.2. The van der Waals surface area contributed by atoms with Crippen LogP contribution in [0.5, 0.6) is 0 Å². The van der Waals surface area contributed by atoms with Gasteiger partial charge in [-0.05, 0) is 12.1 Å². The number of benzene rings is 1. The van der Waals surface area contributed by atoms with Crippen LogP contribution in [0.4, 0.5) is 0 Å². The molecule has 0 radical (unpaired) electrons. The van der Waals surface area contributed by atoms with Crippen molar-refractivity contribution in [2.24, 2.45) is 0 Å². The van der Waals surface area contributed by atoms with Gasteiger partial charge in [-0.3, -0.25) is 9.59 Å². The Labute approximate surface area is 119 Å². The summed E-state index contributed by atoms with van der Waals surface area (Å²) in [6.07, 6.45) is -1.68. The molecule has 0 fully saturated rings. The third-order valence-electron chi connectivity index (χ3n) is 2.31. The summed E-state index contributed by atoms with van der Waals surface area (Å²) in [5.41, 5.74) is 0.229. The first-order valence-corrected chi connectivity index (χ1v) is 6.00. The van der Waals surface area contributed by atoms with Gasteiger partial charge in [0.05, 0.1) is 23.7 Å². The minimum absolute atomic E-state index is 0.229. The molecule has 0 saturated carbocycles. The number of amides is 2. The highest BCUT2D eigenvalue weighted by Crippen LogP contribution is 2.14. The van der Waals surface area contributed by atoms with E-state index in [-0.39, 0.29) is 17.1 Å². The first-order chi connectivity index (χ1) is 9.41. The van der Waals surface area contributed by atoms with E-state index in [2.05, 4.69) is 10.6 Å². The minimum atomic E-state index is -1.68. The van der Waals surface area contributed by atoms with E-state index in [0.29, 0.717) is 0 Å². The van der Waals surface area contributed by atoms with Crippen molar-refractivity contribution in [3.63, 3.8) is 0 Å². The van der Waals surface area contributed by atoms with Gasteiger partial charge in [-0.2, -0.15) is 0 Å². The Morgan fingerprint density at radius 1 is 1.20 bits per heavy atom. The fraction of sp³-hybridized carbons (Fsp3) is 0.250. The Hall–Kier alpha value is -2.12. The largest absolute Gasteiger partial charge is 0.479 e. The van der Waals surface area contributed by atoms with Crippen molar-refractivity contribution in [1.29, 1.82) is 0 Å². The van der Waals surface area contributed by atoms with Gasteiger partial charge in [0, 0.05) is 0 Å². The fourth-order valence-corrected chi connectivity index (χ4v) is 1.48. The lowest BCUT2D eigenvalue weighted by molar-refractivity contribution is -0.146. The van der Waals surface area contributed by atoms with Crippen LogP contribution in [0.15, 0.2) is 24.3 Å². The summed E-state index contributed by atoms with van der Waals surface area (Å²) in [6.45, 7) is -0.785. The highest BCUT2D eigenvalue weighted by atomic mass is 35.5. The quantitative estimate of drug-likeness (QED) is 0.572. The van der Waals surface area contributed by atoms with Crippen LogP contribution in [0.3, 0.4) is 0 Å². The summed E-state index contributed by atoms with van der Waals surface area (Å²) in [6, 6.07) is 6.34. The number of nitrogens with one attached hydrogen (secondary N) is 2. The average Bonchev–Trinajstić information content (AvgIpc) is 2.42. The van der Waals surface area contributed by atoms with E-state index in [1.165, 1.54) is 6.07 Å². The number of rotatable bonds is 6. The van der Waals surface area contributed by atoms with Crippen molar-refractivity contribution < 1.29 is 24.6 Å². The highest BCUT2D eigenvalue weighted by Gasteiger charge is 2.15. The van der Waals surface area contributed by atoms with Gasteiger partial charge in [-0.25, -0.2) is 4.79 Å². The Morgan fingerprint density at radius 3 is 2.45 bits per heavy atom. The molecule has 0 aliphatic rings. The number of aliphatic hydroxyl groups excluding tert-OH is 1. The molecule has 0 aromatic heterocycles. The normalized spacial score (nSPS) is 11.5. The summed E-state index contributed by atoms with van der Waals surface area (Å²) in [4.78, 5) is 33.3. The zero-order chi connectivity index (χ0) is 15.1. The first kappa shape index (κ1) is 15.9. The van der Waals surface area contributed by atoms with Crippen LogP contribution in [0.2, 0.25) is 5.02 Å². The van der Waals surface area contributed by atoms with Crippen LogP contribution in [-0.4, -0.2) is 47.2 Å². The molecule has 0 spiro atoms. The van der Waals surface area contributed by atoms with Gasteiger partial charge < -0.3 is 20.8 Å². The van der Waals surface area contributed by atoms with Crippen molar-refractivity contribution in [1.82, 2.24) is 10.6 Å². The van der Waals surface area contributed by atoms with Gasteiger partial charge >= 0.3 is 5.97 Å². The summed E-state index contributed by atoms with van der Waals surface area (Å²) in [7, 11) is 0. The molecule has 1 aromatic carbocycles. The van der Waals surface area contributed by atoms with Crippen LogP contribution >= 0.6 is 11.6 Å². The standard InChI is InChI=1S/C12H13ClN2O5/c13-8-4-2-1-3-7(8)11(18)15-6-10(17)14-5-9(16)12(19)20/h1-4,9,16H,5-6H2,(H,14,17)(H,15,18)(H,19,20). The maximum Gasteiger partial charge on any atom is 0.334 e. The van der Waals surface area contributed by atoms with E-state index in [9.17, 15) is 14.4 Å². The van der Waals surface area contributed by atoms with E-state index < -0.39 is 30.4 Å². The second kappa shape index (κ2) is 7.46. The van der Waals surface area contributed by atoms with E-state index >= 15 is 0 Å². The van der Waals surface area contributed by atoms with Crippen LogP contribution in [0.25, 0.3) is 0 Å². The highest BCUT2D eigenvalue weighted by molar-refractivity contribution is 6.33. The molecule has 0 bridgehead atoms. The Morgan fingerprint density at radius 2 is 1.85 bits per heavy atom. The van der Waals surface area contributed by atoms with Gasteiger partial charge in [-0.15, -0.1) is 0 Å². The van der Waals surface area contributed by atoms with Crippen LogP contribution in [0, 0.1) is 0 Å². The zero-order valence-corrected chi connectivity index (χ0v) is 11.1. The van der Waals surface area contributed by atoms with E-state index in [1.807, 2.05) is 0 Å². The molecule has 0 saturated heterocycles. The molecule has 8 heteroatoms. The minimum Gasteiger partial charge on any atom is -0.479 e. The molecule has 20 heavy (non-hydrogen) atoms. The van der Waals surface area contributed by atoms with Crippen LogP contribution in [-0.2, 0) is 9.59 Å². The zero-order valence-electron chi connectivity index (χ0n) is 10.3. The first-order valence-electron chi connectivity index (χ1n) is 5.62. The van der Waals surface area contributed by atoms with Gasteiger partial charge in [0.2, 0.25) is 5.91 Å². The molecule has 1 unspecified atom stereocenters. The predicted octanol–water partition coefficient (Wildman–Crippen LogP) is -0.369. The van der Waals surface area contributed by atoms with Gasteiger partial charge in [0.15, 0.2) is 6.10 Å². The molecule has 0 heterocycles. The monoisotopic (exact) mass is 300 g/mol. The van der Waals surface area contributed by atoms with Crippen molar-refractivity contribution in [2.75, 3.05) is 13.1 Å². The lowest BCUT2D eigenvalue weighted by Crippen LogP contribution is -2.42. The van der Waals surface area contributed by atoms with Crippen molar-refractivity contribution in [2.45, 2.75) is 6.10 Å². The summed E-state index contributed by atoms with van der Waals surface area (Å²) >= 11 is 5.81. The average molecular weight is 301 g/mol. The SMILES string of the molecule is O=C(CNC(=O)c1ccccc1Cl)NCC(O)C(=O)O. The molecule has 1 atom stereocenters. The van der Waals surface area contributed by atoms with E-state index in [0.717, 1.165) is 0 Å². The fourth-order valence-electron chi connectivity index (χ4n) is 1.26. The molecular weight excluding hydrogens is 288 g/mol. The number of hydrogen-bond acceptors (Lipinski definition) is 4. The predicted molar refractivity (Wildman–Crippen MR) is 70.4 cm³/mol. The molecule has 7 nitrogen and oxygen atoms in total. The number of carbonyl (C=O) groups excluding carboxylic acids is 2. The third kappa shape index (κ3) is 4.87. The smallest absolute Gasteiger partial charge is 0.334 e. The lowest BCUT2D eigenvalue weighted by Gasteiger charge is -2.09. The molecule has 4 N–H and O–H groups in total. The molecule has 1 aromatic rings. The maximum absolute atomic E-state index is 11.7. The molecule has 2 amide bonds. The second-order valence-corrected chi connectivity index (χ2v) is 4.23. The van der Waals surface area contributed by atoms with Gasteiger partial charge in [0.25, 0.3) is 5.91 Å². The number of carbonyl (C=O) groups is 3. The molecular formula is C12H13ClN2O5.